The Morgan fingerprint density at radius 2 is 2.19 bits per heavy atom. The standard InChI is InChI=1S/C17H21NO2S/c18-15-4-1-13(2-5-15)3-6-16(19)14-7-9-20-17(11-14)8-10-21-12-17/h1-6,14H,7-12,18H2/b6-3+. The minimum atomic E-state index is -0.0295. The molecule has 0 amide bonds. The molecule has 2 unspecified atom stereocenters. The third-order valence-electron chi connectivity index (χ3n) is 4.34. The second kappa shape index (κ2) is 6.24. The minimum Gasteiger partial charge on any atom is -0.399 e. The van der Waals surface area contributed by atoms with Crippen LogP contribution in [-0.4, -0.2) is 29.5 Å². The van der Waals surface area contributed by atoms with E-state index in [9.17, 15) is 4.79 Å². The van der Waals surface area contributed by atoms with Gasteiger partial charge in [-0.15, -0.1) is 0 Å². The van der Waals surface area contributed by atoms with Crippen LogP contribution in [0.3, 0.4) is 0 Å². The molecule has 2 fully saturated rings. The molecule has 21 heavy (non-hydrogen) atoms. The average molecular weight is 303 g/mol. The van der Waals surface area contributed by atoms with E-state index < -0.39 is 0 Å². The molecule has 2 aliphatic rings. The van der Waals surface area contributed by atoms with Crippen LogP contribution in [0.1, 0.15) is 24.8 Å². The molecule has 1 aromatic rings. The van der Waals surface area contributed by atoms with Gasteiger partial charge in [-0.1, -0.05) is 18.2 Å². The summed E-state index contributed by atoms with van der Waals surface area (Å²) >= 11 is 1.94. The average Bonchev–Trinajstić information content (AvgIpc) is 2.94. The first kappa shape index (κ1) is 14.7. The van der Waals surface area contributed by atoms with E-state index in [0.29, 0.717) is 6.61 Å². The Labute approximate surface area is 129 Å². The number of carbonyl (C=O) groups is 1. The SMILES string of the molecule is Nc1ccc(/C=C/C(=O)C2CCOC3(CCSC3)C2)cc1. The summed E-state index contributed by atoms with van der Waals surface area (Å²) in [5.41, 5.74) is 7.38. The van der Waals surface area contributed by atoms with Crippen molar-refractivity contribution in [1.29, 1.82) is 0 Å². The first-order chi connectivity index (χ1) is 10.2. The molecule has 1 aromatic carbocycles. The number of hydrogen-bond acceptors (Lipinski definition) is 4. The largest absolute Gasteiger partial charge is 0.399 e. The molecular weight excluding hydrogens is 282 g/mol. The lowest BCUT2D eigenvalue weighted by molar-refractivity contribution is -0.129. The van der Waals surface area contributed by atoms with Gasteiger partial charge in [0, 0.05) is 24.0 Å². The van der Waals surface area contributed by atoms with Crippen molar-refractivity contribution in [1.82, 2.24) is 0 Å². The van der Waals surface area contributed by atoms with E-state index in [1.807, 2.05) is 42.1 Å². The first-order valence-corrected chi connectivity index (χ1v) is 8.62. The van der Waals surface area contributed by atoms with Crippen LogP contribution in [0.25, 0.3) is 6.08 Å². The summed E-state index contributed by atoms with van der Waals surface area (Å²) in [5.74, 6) is 2.54. The lowest BCUT2D eigenvalue weighted by Gasteiger charge is -2.36. The van der Waals surface area contributed by atoms with Gasteiger partial charge in [0.2, 0.25) is 0 Å². The minimum absolute atomic E-state index is 0.0295. The monoisotopic (exact) mass is 303 g/mol. The third kappa shape index (κ3) is 3.50. The Bertz CT molecular complexity index is 532. The van der Waals surface area contributed by atoms with Crippen LogP contribution in [0.4, 0.5) is 5.69 Å². The van der Waals surface area contributed by atoms with Crippen LogP contribution >= 0.6 is 11.8 Å². The van der Waals surface area contributed by atoms with Crippen LogP contribution in [0.5, 0.6) is 0 Å². The van der Waals surface area contributed by atoms with Gasteiger partial charge < -0.3 is 10.5 Å². The molecule has 3 nitrogen and oxygen atoms in total. The molecule has 4 heteroatoms. The highest BCUT2D eigenvalue weighted by molar-refractivity contribution is 7.99. The predicted octanol–water partition coefficient (Wildman–Crippen LogP) is 3.15. The van der Waals surface area contributed by atoms with Gasteiger partial charge in [-0.3, -0.25) is 4.79 Å². The Kier molecular flexibility index (Phi) is 4.36. The Morgan fingerprint density at radius 3 is 2.90 bits per heavy atom. The number of carbonyl (C=O) groups excluding carboxylic acids is 1. The van der Waals surface area contributed by atoms with Crippen molar-refractivity contribution in [3.63, 3.8) is 0 Å². The van der Waals surface area contributed by atoms with Crippen LogP contribution in [0, 0.1) is 5.92 Å². The highest BCUT2D eigenvalue weighted by atomic mass is 32.2. The molecule has 1 spiro atoms. The molecule has 2 atom stereocenters. The fourth-order valence-electron chi connectivity index (χ4n) is 3.06. The van der Waals surface area contributed by atoms with E-state index >= 15 is 0 Å². The fraction of sp³-hybridized carbons (Fsp3) is 0.471. The van der Waals surface area contributed by atoms with Crippen LogP contribution < -0.4 is 5.73 Å². The summed E-state index contributed by atoms with van der Waals surface area (Å²) < 4.78 is 5.97. The number of anilines is 1. The highest BCUT2D eigenvalue weighted by Gasteiger charge is 2.41. The number of thioether (sulfide) groups is 1. The molecule has 2 aliphatic heterocycles. The van der Waals surface area contributed by atoms with Crippen LogP contribution in [0.2, 0.25) is 0 Å². The molecule has 0 aliphatic carbocycles. The van der Waals surface area contributed by atoms with Gasteiger partial charge >= 0.3 is 0 Å². The second-order valence-corrected chi connectivity index (χ2v) is 7.03. The van der Waals surface area contributed by atoms with Crippen LogP contribution in [-0.2, 0) is 9.53 Å². The van der Waals surface area contributed by atoms with Gasteiger partial charge in [0.1, 0.15) is 0 Å². The maximum absolute atomic E-state index is 12.4. The maximum Gasteiger partial charge on any atom is 0.158 e. The summed E-state index contributed by atoms with van der Waals surface area (Å²) in [4.78, 5) is 12.4. The normalized spacial score (nSPS) is 29.2. The number of benzene rings is 1. The van der Waals surface area contributed by atoms with Crippen molar-refractivity contribution in [2.75, 3.05) is 23.8 Å². The molecule has 3 rings (SSSR count). The topological polar surface area (TPSA) is 52.3 Å². The Balaban J connectivity index is 1.63. The molecule has 2 heterocycles. The Morgan fingerprint density at radius 1 is 1.38 bits per heavy atom. The molecule has 0 saturated carbocycles. The lowest BCUT2D eigenvalue weighted by atomic mass is 9.83. The van der Waals surface area contributed by atoms with Gasteiger partial charge in [0.05, 0.1) is 5.60 Å². The number of rotatable bonds is 3. The zero-order valence-electron chi connectivity index (χ0n) is 12.1. The van der Waals surface area contributed by atoms with Crippen molar-refractivity contribution in [2.24, 2.45) is 5.92 Å². The first-order valence-electron chi connectivity index (χ1n) is 7.46. The number of allylic oxidation sites excluding steroid dienone is 1. The van der Waals surface area contributed by atoms with Gasteiger partial charge in [-0.05, 0) is 48.8 Å². The van der Waals surface area contributed by atoms with Gasteiger partial charge in [0.25, 0.3) is 0 Å². The molecule has 2 saturated heterocycles. The fourth-order valence-corrected chi connectivity index (χ4v) is 4.43. The summed E-state index contributed by atoms with van der Waals surface area (Å²) in [6.07, 6.45) is 6.41. The third-order valence-corrected chi connectivity index (χ3v) is 5.56. The van der Waals surface area contributed by atoms with Gasteiger partial charge in [-0.2, -0.15) is 11.8 Å². The predicted molar refractivity (Wildman–Crippen MR) is 88.2 cm³/mol. The highest BCUT2D eigenvalue weighted by Crippen LogP contribution is 2.40. The molecule has 112 valence electrons. The van der Waals surface area contributed by atoms with E-state index in [0.717, 1.165) is 42.0 Å². The van der Waals surface area contributed by atoms with Gasteiger partial charge in [-0.25, -0.2) is 0 Å². The zero-order valence-corrected chi connectivity index (χ0v) is 12.9. The van der Waals surface area contributed by atoms with Crippen molar-refractivity contribution in [3.8, 4) is 0 Å². The van der Waals surface area contributed by atoms with Crippen LogP contribution in [0.15, 0.2) is 30.3 Å². The molecule has 0 bridgehead atoms. The summed E-state index contributed by atoms with van der Waals surface area (Å²) in [6, 6.07) is 7.56. The number of hydrogen-bond donors (Lipinski definition) is 1. The smallest absolute Gasteiger partial charge is 0.158 e. The van der Waals surface area contributed by atoms with E-state index in [1.165, 1.54) is 0 Å². The summed E-state index contributed by atoms with van der Waals surface area (Å²) in [7, 11) is 0. The van der Waals surface area contributed by atoms with E-state index in [-0.39, 0.29) is 17.3 Å². The molecular formula is C17H21NO2S. The quantitative estimate of drug-likeness (QED) is 0.688. The molecule has 2 N–H and O–H groups in total. The summed E-state index contributed by atoms with van der Waals surface area (Å²) in [6.45, 7) is 0.715. The van der Waals surface area contributed by atoms with Crippen molar-refractivity contribution in [2.45, 2.75) is 24.9 Å². The van der Waals surface area contributed by atoms with E-state index in [4.69, 9.17) is 10.5 Å². The lowest BCUT2D eigenvalue weighted by Crippen LogP contribution is -2.41. The zero-order chi connectivity index (χ0) is 14.7. The van der Waals surface area contributed by atoms with Crippen molar-refractivity contribution >= 4 is 29.3 Å². The number of ether oxygens (including phenoxy) is 1. The van der Waals surface area contributed by atoms with Crippen molar-refractivity contribution in [3.05, 3.63) is 35.9 Å². The Hall–Kier alpha value is -1.26. The van der Waals surface area contributed by atoms with Gasteiger partial charge in [0.15, 0.2) is 5.78 Å². The molecule has 0 radical (unpaired) electrons. The van der Waals surface area contributed by atoms with E-state index in [2.05, 4.69) is 0 Å². The van der Waals surface area contributed by atoms with Crippen molar-refractivity contribution < 1.29 is 9.53 Å². The maximum atomic E-state index is 12.4. The second-order valence-electron chi connectivity index (χ2n) is 5.93. The molecule has 0 aromatic heterocycles. The van der Waals surface area contributed by atoms with E-state index in [1.54, 1.807) is 6.08 Å². The summed E-state index contributed by atoms with van der Waals surface area (Å²) in [5, 5.41) is 0. The number of nitrogens with two attached hydrogens (primary N) is 1. The number of nitrogen functional groups attached to an aromatic ring is 1. The number of ketones is 1.